The lowest BCUT2D eigenvalue weighted by Crippen LogP contribution is -2.52. The third kappa shape index (κ3) is 6.02. The molecule has 1 fully saturated rings. The lowest BCUT2D eigenvalue weighted by molar-refractivity contribution is -0.371. The maximum absolute atomic E-state index is 14.9. The van der Waals surface area contributed by atoms with E-state index >= 15 is 0 Å². The molecule has 6 N–H and O–H groups in total. The molecule has 5 atom stereocenters. The minimum absolute atomic E-state index is 0.140. The van der Waals surface area contributed by atoms with Crippen molar-refractivity contribution in [3.63, 3.8) is 0 Å². The Bertz CT molecular complexity index is 1150. The predicted molar refractivity (Wildman–Crippen MR) is 90.5 cm³/mol. The molecule has 1 aromatic rings. The van der Waals surface area contributed by atoms with E-state index in [2.05, 4.69) is 17.9 Å². The van der Waals surface area contributed by atoms with E-state index in [9.17, 15) is 46.5 Å². The summed E-state index contributed by atoms with van der Waals surface area (Å²) in [6.07, 6.45) is -10.8. The van der Waals surface area contributed by atoms with E-state index in [1.54, 1.807) is 4.98 Å². The van der Waals surface area contributed by atoms with Gasteiger partial charge in [-0.25, -0.2) is 23.0 Å². The molecule has 16 nitrogen and oxygen atoms in total. The van der Waals surface area contributed by atoms with Crippen LogP contribution in [0.4, 0.5) is 13.2 Å². The maximum Gasteiger partial charge on any atom is 0.490 e. The summed E-state index contributed by atoms with van der Waals surface area (Å²) in [6, 6.07) is 0. The van der Waals surface area contributed by atoms with Crippen molar-refractivity contribution < 1.29 is 69.4 Å². The number of halogens is 3. The number of rotatable bonds is 8. The van der Waals surface area contributed by atoms with Crippen molar-refractivity contribution in [3.8, 4) is 0 Å². The predicted octanol–water partition coefficient (Wildman–Crippen LogP) is -0.273. The minimum Gasteiger partial charge on any atom is -0.387 e. The molecule has 0 radical (unpaired) electrons. The first-order chi connectivity index (χ1) is 14.2. The largest absolute Gasteiger partial charge is 0.490 e. The Hall–Kier alpha value is -1.20. The number of hydrogen-bond donors (Lipinski definition) is 6. The highest BCUT2D eigenvalue weighted by molar-refractivity contribution is 7.66. The molecule has 0 aromatic carbocycles. The van der Waals surface area contributed by atoms with Crippen molar-refractivity contribution >= 4 is 23.5 Å². The zero-order valence-electron chi connectivity index (χ0n) is 15.3. The first kappa shape index (κ1) is 27.0. The van der Waals surface area contributed by atoms with E-state index in [4.69, 9.17) is 14.7 Å². The van der Waals surface area contributed by atoms with Gasteiger partial charge < -0.3 is 29.4 Å². The van der Waals surface area contributed by atoms with Crippen LogP contribution in [0.2, 0.25) is 0 Å². The van der Waals surface area contributed by atoms with Gasteiger partial charge in [-0.2, -0.15) is 21.8 Å². The molecule has 32 heavy (non-hydrogen) atoms. The Kier molecular flexibility index (Phi) is 7.22. The Morgan fingerprint density at radius 3 is 2.28 bits per heavy atom. The zero-order chi connectivity index (χ0) is 24.9. The van der Waals surface area contributed by atoms with Crippen LogP contribution in [0.3, 0.4) is 0 Å². The number of hydrogen-bond acceptors (Lipinski definition) is 10. The van der Waals surface area contributed by atoms with E-state index in [1.807, 2.05) is 0 Å². The molecule has 1 aromatic heterocycles. The highest BCUT2D eigenvalue weighted by Crippen LogP contribution is 2.68. The average molecular weight is 536 g/mol. The number of aliphatic hydroxyl groups is 1. The monoisotopic (exact) mass is 536 g/mol. The summed E-state index contributed by atoms with van der Waals surface area (Å²) in [7, 11) is -18.6. The molecular formula is C10H14F3N2O14P3. The van der Waals surface area contributed by atoms with Crippen molar-refractivity contribution in [1.29, 1.82) is 0 Å². The van der Waals surface area contributed by atoms with Crippen LogP contribution < -0.4 is 11.2 Å². The Labute approximate surface area is 173 Å². The fourth-order valence-electron chi connectivity index (χ4n) is 2.40. The van der Waals surface area contributed by atoms with Crippen LogP contribution in [0.25, 0.3) is 0 Å². The molecule has 22 heteroatoms. The molecular weight excluding hydrogens is 522 g/mol. The molecule has 184 valence electrons. The van der Waals surface area contributed by atoms with Crippen LogP contribution in [-0.2, 0) is 31.6 Å². The molecule has 2 rings (SSSR count). The second-order valence-corrected chi connectivity index (χ2v) is 10.5. The van der Waals surface area contributed by atoms with E-state index < -0.39 is 65.4 Å². The number of phosphoric acid groups is 3. The normalized spacial score (nSPS) is 28.3. The minimum atomic E-state index is -6.54. The van der Waals surface area contributed by atoms with Crippen molar-refractivity contribution in [1.82, 2.24) is 9.55 Å². The zero-order valence-corrected chi connectivity index (χ0v) is 18.0. The summed E-state index contributed by atoms with van der Waals surface area (Å²) in [5.41, 5.74) is -2.26. The van der Waals surface area contributed by atoms with Crippen LogP contribution in [0.1, 0.15) is 18.2 Å². The van der Waals surface area contributed by atoms with Gasteiger partial charge in [0.25, 0.3) is 5.56 Å². The van der Waals surface area contributed by atoms with Gasteiger partial charge in [0.1, 0.15) is 12.3 Å². The highest BCUT2D eigenvalue weighted by Gasteiger charge is 2.70. The first-order valence-corrected chi connectivity index (χ1v) is 12.3. The van der Waals surface area contributed by atoms with Gasteiger partial charge in [-0.15, -0.1) is 0 Å². The van der Waals surface area contributed by atoms with Gasteiger partial charge in [0, 0.05) is 18.2 Å². The summed E-state index contributed by atoms with van der Waals surface area (Å²) in [4.78, 5) is 59.9. The SMILES string of the molecule is Cc1cn([C@H]2C[C@H](O)[C@@](F)(C(F)(F)OP(=O)(O)OP(=O)(O)OP(=O)(O)O)O2)c(=O)[nH]c1=O. The maximum atomic E-state index is 14.9. The molecule has 0 bridgehead atoms. The number of alkyl halides is 3. The van der Waals surface area contributed by atoms with E-state index in [1.165, 1.54) is 6.92 Å². The van der Waals surface area contributed by atoms with Crippen LogP contribution in [-0.4, -0.2) is 52.3 Å². The molecule has 0 aliphatic carbocycles. The molecule has 0 amide bonds. The van der Waals surface area contributed by atoms with E-state index in [0.717, 1.165) is 6.20 Å². The summed E-state index contributed by atoms with van der Waals surface area (Å²) in [6.45, 7) is 1.19. The molecule has 1 aliphatic rings. The molecule has 0 saturated carbocycles. The lowest BCUT2D eigenvalue weighted by atomic mass is 10.1. The lowest BCUT2D eigenvalue weighted by Gasteiger charge is -2.31. The van der Waals surface area contributed by atoms with Crippen LogP contribution in [0, 0.1) is 6.92 Å². The second-order valence-electron chi connectivity index (χ2n) is 6.15. The summed E-state index contributed by atoms with van der Waals surface area (Å²) in [5, 5.41) is 9.72. The van der Waals surface area contributed by atoms with Gasteiger partial charge in [0.05, 0.1) is 0 Å². The van der Waals surface area contributed by atoms with Gasteiger partial charge in [0.2, 0.25) is 0 Å². The van der Waals surface area contributed by atoms with E-state index in [0.29, 0.717) is 4.57 Å². The van der Waals surface area contributed by atoms with E-state index in [-0.39, 0.29) is 5.56 Å². The number of aromatic nitrogens is 2. The van der Waals surface area contributed by atoms with Gasteiger partial charge in [-0.1, -0.05) is 0 Å². The van der Waals surface area contributed by atoms with Crippen LogP contribution in [0.15, 0.2) is 15.8 Å². The molecule has 0 spiro atoms. The fourth-order valence-corrected chi connectivity index (χ4v) is 5.46. The quantitative estimate of drug-likeness (QED) is 0.234. The number of nitrogens with zero attached hydrogens (tertiary/aromatic N) is 1. The van der Waals surface area contributed by atoms with Gasteiger partial charge in [0.15, 0.2) is 0 Å². The van der Waals surface area contributed by atoms with Crippen molar-refractivity contribution in [2.75, 3.05) is 0 Å². The van der Waals surface area contributed by atoms with Gasteiger partial charge in [-0.05, 0) is 6.92 Å². The number of aryl methyl sites for hydroxylation is 1. The molecule has 1 saturated heterocycles. The summed E-state index contributed by atoms with van der Waals surface area (Å²) < 4.78 is 91.1. The standard InChI is InChI=1S/C10H14F3N2O14P3/c1-4-3-15(8(18)14-7(4)17)6-2-5(16)9(11,26-6)10(12,13)27-31(22,23)29-32(24,25)28-30(19,20)21/h3,5-6,16H,2H2,1H3,(H,22,23)(H,24,25)(H,14,17,18)(H2,19,20,21)/t5-,6+,9-/m0/s1. The molecule has 1 aliphatic heterocycles. The topological polar surface area (TPSA) is 244 Å². The third-order valence-electron chi connectivity index (χ3n) is 3.66. The molecule has 2 unspecified atom stereocenters. The Morgan fingerprint density at radius 1 is 1.19 bits per heavy atom. The average Bonchev–Trinajstić information content (AvgIpc) is 2.83. The number of nitrogens with one attached hydrogen (secondary N) is 1. The Morgan fingerprint density at radius 2 is 1.75 bits per heavy atom. The third-order valence-corrected chi connectivity index (χ3v) is 7.45. The summed E-state index contributed by atoms with van der Waals surface area (Å²) >= 11 is 0. The van der Waals surface area contributed by atoms with Gasteiger partial charge >= 0.3 is 41.1 Å². The van der Waals surface area contributed by atoms with Crippen molar-refractivity contribution in [2.24, 2.45) is 0 Å². The highest BCUT2D eigenvalue weighted by atomic mass is 31.3. The number of aromatic amines is 1. The number of H-pyrrole nitrogens is 1. The van der Waals surface area contributed by atoms with Crippen LogP contribution in [0.5, 0.6) is 0 Å². The smallest absolute Gasteiger partial charge is 0.387 e. The molecule has 2 heterocycles. The number of ether oxygens (including phenoxy) is 1. The van der Waals surface area contributed by atoms with Gasteiger partial charge in [-0.3, -0.25) is 14.3 Å². The fraction of sp³-hybridized carbons (Fsp3) is 0.600. The summed E-state index contributed by atoms with van der Waals surface area (Å²) in [5.74, 6) is -4.66. The Balaban J connectivity index is 2.29. The van der Waals surface area contributed by atoms with Crippen molar-refractivity contribution in [2.45, 2.75) is 37.6 Å². The second kappa shape index (κ2) is 8.54. The first-order valence-electron chi connectivity index (χ1n) is 7.77. The van der Waals surface area contributed by atoms with Crippen LogP contribution >= 0.6 is 23.5 Å². The number of phosphoric ester groups is 1. The number of aliphatic hydroxyl groups excluding tert-OH is 1. The van der Waals surface area contributed by atoms with Crippen molar-refractivity contribution in [3.05, 3.63) is 32.6 Å².